The maximum absolute atomic E-state index is 13.4. The molecule has 0 saturated heterocycles. The summed E-state index contributed by atoms with van der Waals surface area (Å²) < 4.78 is 26.6. The van der Waals surface area contributed by atoms with E-state index < -0.39 is 0 Å². The molecule has 3 aromatic rings. The second-order valence-corrected chi connectivity index (χ2v) is 5.83. The molecule has 3 rings (SSSR count). The van der Waals surface area contributed by atoms with Gasteiger partial charge in [0.25, 0.3) is 0 Å². The average Bonchev–Trinajstić information content (AvgIpc) is 2.83. The number of halogens is 2. The van der Waals surface area contributed by atoms with Crippen molar-refractivity contribution >= 4 is 16.8 Å². The molecular formula is C19H18F2N2O. The Kier molecular flexibility index (Phi) is 4.60. The van der Waals surface area contributed by atoms with E-state index in [0.717, 1.165) is 27.7 Å². The van der Waals surface area contributed by atoms with E-state index in [-0.39, 0.29) is 24.0 Å². The van der Waals surface area contributed by atoms with Gasteiger partial charge in [0.05, 0.1) is 6.42 Å². The fourth-order valence-corrected chi connectivity index (χ4v) is 2.84. The van der Waals surface area contributed by atoms with Crippen LogP contribution >= 0.6 is 0 Å². The van der Waals surface area contributed by atoms with E-state index in [0.29, 0.717) is 13.0 Å². The van der Waals surface area contributed by atoms with Gasteiger partial charge in [0.1, 0.15) is 11.6 Å². The van der Waals surface area contributed by atoms with Gasteiger partial charge in [-0.25, -0.2) is 8.78 Å². The largest absolute Gasteiger partial charge is 0.358 e. The molecule has 1 aromatic heterocycles. The van der Waals surface area contributed by atoms with E-state index in [1.54, 1.807) is 12.1 Å². The molecule has 0 aliphatic carbocycles. The number of carbonyl (C=O) groups excluding carboxylic acids is 1. The van der Waals surface area contributed by atoms with Crippen molar-refractivity contribution in [1.82, 2.24) is 10.3 Å². The molecule has 2 aromatic carbocycles. The Hall–Kier alpha value is -2.69. The molecule has 3 nitrogen and oxygen atoms in total. The number of H-pyrrole nitrogens is 1. The quantitative estimate of drug-likeness (QED) is 0.738. The highest BCUT2D eigenvalue weighted by molar-refractivity contribution is 5.90. The Morgan fingerprint density at radius 2 is 1.92 bits per heavy atom. The van der Waals surface area contributed by atoms with E-state index in [1.165, 1.54) is 24.3 Å². The summed E-state index contributed by atoms with van der Waals surface area (Å²) in [7, 11) is 0. The van der Waals surface area contributed by atoms with Crippen molar-refractivity contribution in [3.8, 4) is 0 Å². The van der Waals surface area contributed by atoms with Crippen molar-refractivity contribution in [1.29, 1.82) is 0 Å². The summed E-state index contributed by atoms with van der Waals surface area (Å²) in [5, 5.41) is 3.56. The monoisotopic (exact) mass is 328 g/mol. The van der Waals surface area contributed by atoms with Gasteiger partial charge in [0.15, 0.2) is 0 Å². The lowest BCUT2D eigenvalue weighted by molar-refractivity contribution is -0.120. The summed E-state index contributed by atoms with van der Waals surface area (Å²) in [5.74, 6) is -0.746. The van der Waals surface area contributed by atoms with E-state index >= 15 is 0 Å². The van der Waals surface area contributed by atoms with Gasteiger partial charge in [-0.3, -0.25) is 4.79 Å². The molecule has 0 bridgehead atoms. The van der Waals surface area contributed by atoms with Crippen LogP contribution < -0.4 is 5.32 Å². The summed E-state index contributed by atoms with van der Waals surface area (Å²) in [6.07, 6.45) is 0.740. The Morgan fingerprint density at radius 1 is 1.12 bits per heavy atom. The summed E-state index contributed by atoms with van der Waals surface area (Å²) >= 11 is 0. The van der Waals surface area contributed by atoms with E-state index in [2.05, 4.69) is 10.3 Å². The topological polar surface area (TPSA) is 44.9 Å². The molecule has 5 heteroatoms. The molecule has 24 heavy (non-hydrogen) atoms. The van der Waals surface area contributed by atoms with Crippen molar-refractivity contribution in [2.45, 2.75) is 19.8 Å². The molecule has 124 valence electrons. The third kappa shape index (κ3) is 3.62. The molecule has 0 fully saturated rings. The number of aromatic nitrogens is 1. The zero-order valence-electron chi connectivity index (χ0n) is 13.3. The molecule has 0 aliphatic rings. The third-order valence-corrected chi connectivity index (χ3v) is 4.04. The number of hydrogen-bond donors (Lipinski definition) is 2. The lowest BCUT2D eigenvalue weighted by atomic mass is 10.1. The minimum absolute atomic E-state index is 0.139. The highest BCUT2D eigenvalue weighted by atomic mass is 19.1. The number of benzene rings is 2. The number of rotatable bonds is 5. The fraction of sp³-hybridized carbons (Fsp3) is 0.211. The van der Waals surface area contributed by atoms with Crippen LogP contribution in [-0.4, -0.2) is 17.4 Å². The second kappa shape index (κ2) is 6.83. The number of aryl methyl sites for hydroxylation is 1. The Bertz CT molecular complexity index is 886. The molecule has 0 atom stereocenters. The first kappa shape index (κ1) is 16.2. The molecule has 1 amide bonds. The van der Waals surface area contributed by atoms with Crippen LogP contribution in [0.3, 0.4) is 0 Å². The number of carbonyl (C=O) groups is 1. The van der Waals surface area contributed by atoms with Gasteiger partial charge in [-0.15, -0.1) is 0 Å². The Balaban J connectivity index is 1.63. The van der Waals surface area contributed by atoms with Gasteiger partial charge in [-0.05, 0) is 54.8 Å². The van der Waals surface area contributed by atoms with E-state index in [9.17, 15) is 13.6 Å². The maximum atomic E-state index is 13.4. The first-order valence-corrected chi connectivity index (χ1v) is 7.81. The predicted molar refractivity (Wildman–Crippen MR) is 89.8 cm³/mol. The summed E-state index contributed by atoms with van der Waals surface area (Å²) in [6, 6.07) is 10.8. The van der Waals surface area contributed by atoms with Gasteiger partial charge in [-0.1, -0.05) is 12.1 Å². The number of amides is 1. The molecule has 0 saturated carbocycles. The SMILES string of the molecule is Cc1[nH]c2ccc(F)cc2c1CC(=O)NCCc1cccc(F)c1. The van der Waals surface area contributed by atoms with Crippen molar-refractivity contribution in [2.75, 3.05) is 6.54 Å². The van der Waals surface area contributed by atoms with Crippen LogP contribution in [0.1, 0.15) is 16.8 Å². The van der Waals surface area contributed by atoms with Crippen LogP contribution in [0.15, 0.2) is 42.5 Å². The van der Waals surface area contributed by atoms with E-state index in [4.69, 9.17) is 0 Å². The highest BCUT2D eigenvalue weighted by Crippen LogP contribution is 2.23. The van der Waals surface area contributed by atoms with Crippen molar-refractivity contribution < 1.29 is 13.6 Å². The number of aromatic amines is 1. The number of fused-ring (bicyclic) bond motifs is 1. The van der Waals surface area contributed by atoms with Gasteiger partial charge < -0.3 is 10.3 Å². The van der Waals surface area contributed by atoms with Crippen molar-refractivity contribution in [3.63, 3.8) is 0 Å². The third-order valence-electron chi connectivity index (χ3n) is 4.04. The minimum atomic E-state index is -0.325. The average molecular weight is 328 g/mol. The zero-order chi connectivity index (χ0) is 17.1. The normalized spacial score (nSPS) is 11.0. The van der Waals surface area contributed by atoms with Crippen LogP contribution in [0.4, 0.5) is 8.78 Å². The van der Waals surface area contributed by atoms with Crippen LogP contribution in [0.2, 0.25) is 0 Å². The van der Waals surface area contributed by atoms with Crippen LogP contribution in [-0.2, 0) is 17.6 Å². The predicted octanol–water partition coefficient (Wildman–Crippen LogP) is 3.66. The van der Waals surface area contributed by atoms with Crippen LogP contribution in [0, 0.1) is 18.6 Å². The van der Waals surface area contributed by atoms with Gasteiger partial charge >= 0.3 is 0 Å². The lowest BCUT2D eigenvalue weighted by Gasteiger charge is -2.06. The molecular weight excluding hydrogens is 310 g/mol. The fourth-order valence-electron chi connectivity index (χ4n) is 2.84. The van der Waals surface area contributed by atoms with Crippen molar-refractivity contribution in [2.24, 2.45) is 0 Å². The number of nitrogens with one attached hydrogen (secondary N) is 2. The zero-order valence-corrected chi connectivity index (χ0v) is 13.3. The van der Waals surface area contributed by atoms with Crippen LogP contribution in [0.25, 0.3) is 10.9 Å². The smallest absolute Gasteiger partial charge is 0.224 e. The standard InChI is InChI=1S/C19H18F2N2O/c1-12-16(17-10-15(21)5-6-18(17)23-12)11-19(24)22-8-7-13-3-2-4-14(20)9-13/h2-6,9-10,23H,7-8,11H2,1H3,(H,22,24). The van der Waals surface area contributed by atoms with Crippen molar-refractivity contribution in [3.05, 3.63) is 70.9 Å². The molecule has 0 aliphatic heterocycles. The minimum Gasteiger partial charge on any atom is -0.358 e. The molecule has 0 spiro atoms. The first-order valence-electron chi connectivity index (χ1n) is 7.81. The molecule has 0 radical (unpaired) electrons. The van der Waals surface area contributed by atoms with Gasteiger partial charge in [0, 0.05) is 23.1 Å². The lowest BCUT2D eigenvalue weighted by Crippen LogP contribution is -2.27. The first-order chi connectivity index (χ1) is 11.5. The summed E-state index contributed by atoms with van der Waals surface area (Å²) in [6.45, 7) is 2.30. The Morgan fingerprint density at radius 3 is 2.71 bits per heavy atom. The maximum Gasteiger partial charge on any atom is 0.224 e. The number of hydrogen-bond acceptors (Lipinski definition) is 1. The molecule has 1 heterocycles. The second-order valence-electron chi connectivity index (χ2n) is 5.83. The highest BCUT2D eigenvalue weighted by Gasteiger charge is 2.13. The summed E-state index contributed by atoms with van der Waals surface area (Å²) in [4.78, 5) is 15.3. The molecule has 2 N–H and O–H groups in total. The Labute approximate surface area is 138 Å². The molecule has 0 unspecified atom stereocenters. The van der Waals surface area contributed by atoms with Crippen LogP contribution in [0.5, 0.6) is 0 Å². The van der Waals surface area contributed by atoms with E-state index in [1.807, 2.05) is 13.0 Å². The van der Waals surface area contributed by atoms with Gasteiger partial charge in [0.2, 0.25) is 5.91 Å². The summed E-state index contributed by atoms with van der Waals surface area (Å²) in [5.41, 5.74) is 3.31. The van der Waals surface area contributed by atoms with Gasteiger partial charge in [-0.2, -0.15) is 0 Å².